The Kier molecular flexibility index (Phi) is 11.8. The van der Waals surface area contributed by atoms with E-state index in [1.54, 1.807) is 45.3 Å². The van der Waals surface area contributed by atoms with Crippen molar-refractivity contribution in [3.8, 4) is 11.1 Å². The van der Waals surface area contributed by atoms with Gasteiger partial charge < -0.3 is 19.6 Å². The smallest absolute Gasteiger partial charge is 0.0999 e. The normalized spacial score (nSPS) is 12.5. The summed E-state index contributed by atoms with van der Waals surface area (Å²) in [6.07, 6.45) is 0. The largest absolute Gasteiger partial charge is 0.302 e. The summed E-state index contributed by atoms with van der Waals surface area (Å²) in [6.45, 7) is 13.5. The number of thiophene rings is 4. The maximum Gasteiger partial charge on any atom is 0.0999 e. The number of benzene rings is 8. The van der Waals surface area contributed by atoms with Crippen molar-refractivity contribution in [1.29, 1.82) is 0 Å². The number of rotatable bonds is 12. The summed E-state index contributed by atoms with van der Waals surface area (Å²) in [4.78, 5) is 9.89. The van der Waals surface area contributed by atoms with Crippen molar-refractivity contribution in [3.63, 3.8) is 0 Å². The maximum absolute atomic E-state index is 2.56. The van der Waals surface area contributed by atoms with Crippen LogP contribution < -0.4 is 19.6 Å². The van der Waals surface area contributed by atoms with Crippen LogP contribution in [0.25, 0.3) is 32.7 Å². The topological polar surface area (TPSA) is 13.0 Å². The Balaban J connectivity index is 1.16. The molecule has 0 radical (unpaired) electrons. The summed E-state index contributed by atoms with van der Waals surface area (Å²) >= 11 is 7.08. The van der Waals surface area contributed by atoms with Gasteiger partial charge in [0, 0.05) is 61.1 Å². The van der Waals surface area contributed by atoms with Gasteiger partial charge in [-0.3, -0.25) is 0 Å². The third-order valence-electron chi connectivity index (χ3n) is 14.9. The summed E-state index contributed by atoms with van der Waals surface area (Å²) in [6, 6.07) is 73.2. The Bertz CT molecular complexity index is 3990. The van der Waals surface area contributed by atoms with Crippen molar-refractivity contribution in [2.75, 3.05) is 19.6 Å². The second-order valence-corrected chi connectivity index (χ2v) is 23.9. The van der Waals surface area contributed by atoms with Crippen LogP contribution in [0, 0.1) is 27.7 Å². The quantitative estimate of drug-likeness (QED) is 0.0893. The van der Waals surface area contributed by atoms with Gasteiger partial charge in [0.15, 0.2) is 0 Å². The van der Waals surface area contributed by atoms with Crippen LogP contribution in [0.3, 0.4) is 0 Å². The third kappa shape index (κ3) is 8.24. The fourth-order valence-corrected chi connectivity index (χ4v) is 14.1. The molecule has 366 valence electrons. The fourth-order valence-electron chi connectivity index (χ4n) is 11.0. The molecule has 0 N–H and O–H groups in total. The van der Waals surface area contributed by atoms with Crippen LogP contribution in [-0.4, -0.2) is 0 Å². The van der Waals surface area contributed by atoms with E-state index in [0.717, 1.165) is 65.9 Å². The predicted octanol–water partition coefficient (Wildman–Crippen LogP) is 21.7. The van der Waals surface area contributed by atoms with Crippen molar-refractivity contribution < 1.29 is 0 Å². The molecule has 0 bridgehead atoms. The van der Waals surface area contributed by atoms with Gasteiger partial charge in [-0.15, -0.1) is 45.3 Å². The molecule has 1 aliphatic rings. The molecule has 8 heteroatoms. The standard InChI is InChI=1S/C67H54N4S4/c1-43-15-23-47(24-16-43)68(61-11-7-35-72-61)51-32-34-54-56(39-51)66(71(64-14-10-38-75-64)50-29-21-46(4)22-30-50)57-41-55-53-33-31-52(69(62-12-8-36-73-62)48-25-17-44(2)18-26-48)40-59(53)67(5,6)60(55)42-58(57)65(54)70(63-13-9-37-74-63)49-27-19-45(3)20-28-49/h7-42H,1-6H3. The van der Waals surface area contributed by atoms with E-state index in [1.165, 1.54) is 65.7 Å². The summed E-state index contributed by atoms with van der Waals surface area (Å²) in [5.74, 6) is 0. The average Bonchev–Trinajstić information content (AvgIpc) is 4.41. The summed E-state index contributed by atoms with van der Waals surface area (Å²) in [5.41, 5.74) is 18.8. The Labute approximate surface area is 455 Å². The lowest BCUT2D eigenvalue weighted by Crippen LogP contribution is -2.17. The van der Waals surface area contributed by atoms with Crippen LogP contribution in [0.1, 0.15) is 47.2 Å². The van der Waals surface area contributed by atoms with Gasteiger partial charge in [0.25, 0.3) is 0 Å². The van der Waals surface area contributed by atoms with Crippen LogP contribution in [0.5, 0.6) is 0 Å². The first-order valence-electron chi connectivity index (χ1n) is 25.4. The predicted molar refractivity (Wildman–Crippen MR) is 328 cm³/mol. The van der Waals surface area contributed by atoms with E-state index in [0.29, 0.717) is 0 Å². The third-order valence-corrected chi connectivity index (χ3v) is 18.3. The minimum atomic E-state index is -0.337. The molecule has 0 saturated heterocycles. The number of nitrogens with zero attached hydrogens (tertiary/aromatic N) is 4. The molecule has 0 aliphatic heterocycles. The van der Waals surface area contributed by atoms with E-state index in [4.69, 9.17) is 0 Å². The lowest BCUT2D eigenvalue weighted by atomic mass is 9.81. The molecular formula is C67H54N4S4. The number of hydrogen-bond acceptors (Lipinski definition) is 8. The molecule has 13 rings (SSSR count). The van der Waals surface area contributed by atoms with Gasteiger partial charge in [-0.1, -0.05) is 96.8 Å². The van der Waals surface area contributed by atoms with Gasteiger partial charge >= 0.3 is 0 Å². The van der Waals surface area contributed by atoms with Crippen LogP contribution in [0.4, 0.5) is 65.5 Å². The van der Waals surface area contributed by atoms with E-state index in [9.17, 15) is 0 Å². The fraction of sp³-hybridized carbons (Fsp3) is 0.104. The molecule has 4 aromatic heterocycles. The highest BCUT2D eigenvalue weighted by Crippen LogP contribution is 2.58. The molecule has 12 aromatic rings. The molecular weight excluding hydrogens is 989 g/mol. The van der Waals surface area contributed by atoms with Crippen LogP contribution in [0.15, 0.2) is 216 Å². The van der Waals surface area contributed by atoms with Gasteiger partial charge in [0.2, 0.25) is 0 Å². The minimum absolute atomic E-state index is 0.337. The second-order valence-electron chi connectivity index (χ2n) is 20.2. The number of fused-ring (bicyclic) bond motifs is 5. The van der Waals surface area contributed by atoms with E-state index in [2.05, 4.69) is 277 Å². The Morgan fingerprint density at radius 3 is 1.05 bits per heavy atom. The molecule has 8 aromatic carbocycles. The van der Waals surface area contributed by atoms with Crippen molar-refractivity contribution in [1.82, 2.24) is 0 Å². The number of hydrogen-bond donors (Lipinski definition) is 0. The molecule has 0 unspecified atom stereocenters. The van der Waals surface area contributed by atoms with Gasteiger partial charge in [-0.2, -0.15) is 0 Å². The Morgan fingerprint density at radius 2 is 0.627 bits per heavy atom. The van der Waals surface area contributed by atoms with Gasteiger partial charge in [0.1, 0.15) is 0 Å². The Hall–Kier alpha value is -7.72. The van der Waals surface area contributed by atoms with Gasteiger partial charge in [0.05, 0.1) is 31.4 Å². The van der Waals surface area contributed by atoms with Crippen LogP contribution in [0.2, 0.25) is 0 Å². The minimum Gasteiger partial charge on any atom is -0.302 e. The lowest BCUT2D eigenvalue weighted by molar-refractivity contribution is 0.661. The zero-order valence-electron chi connectivity index (χ0n) is 42.7. The van der Waals surface area contributed by atoms with Gasteiger partial charge in [-0.25, -0.2) is 0 Å². The maximum atomic E-state index is 2.56. The SMILES string of the molecule is Cc1ccc(N(c2ccc3c(c2)C(C)(C)c2cc4c(N(c5ccc(C)cc5)c5cccs5)c5ccc(N(c6ccc(C)cc6)c6cccs6)cc5c(N(c5ccc(C)cc5)c5cccs5)c4cc2-3)c2cccs2)cc1. The molecule has 0 spiro atoms. The molecule has 0 atom stereocenters. The van der Waals surface area contributed by atoms with E-state index < -0.39 is 0 Å². The van der Waals surface area contributed by atoms with Crippen molar-refractivity contribution in [3.05, 3.63) is 249 Å². The zero-order valence-corrected chi connectivity index (χ0v) is 46.0. The van der Waals surface area contributed by atoms with E-state index in [1.807, 2.05) is 0 Å². The highest BCUT2D eigenvalue weighted by Gasteiger charge is 2.38. The number of anilines is 12. The monoisotopic (exact) mass is 1040 g/mol. The van der Waals surface area contributed by atoms with Crippen LogP contribution >= 0.6 is 45.3 Å². The lowest BCUT2D eigenvalue weighted by Gasteiger charge is -2.33. The zero-order chi connectivity index (χ0) is 51.0. The first-order valence-corrected chi connectivity index (χ1v) is 28.9. The molecule has 0 saturated carbocycles. The summed E-state index contributed by atoms with van der Waals surface area (Å²) < 4.78 is 0. The second kappa shape index (κ2) is 18.9. The first-order chi connectivity index (χ1) is 36.6. The van der Waals surface area contributed by atoms with Crippen molar-refractivity contribution >= 4 is 132 Å². The van der Waals surface area contributed by atoms with Crippen LogP contribution in [-0.2, 0) is 5.41 Å². The molecule has 1 aliphatic carbocycles. The molecule has 4 nitrogen and oxygen atoms in total. The first kappa shape index (κ1) is 47.0. The summed E-state index contributed by atoms with van der Waals surface area (Å²) in [7, 11) is 0. The van der Waals surface area contributed by atoms with Gasteiger partial charge in [-0.05, 0) is 205 Å². The summed E-state index contributed by atoms with van der Waals surface area (Å²) in [5, 5.41) is 18.1. The average molecular weight is 1040 g/mol. The molecule has 4 heterocycles. The van der Waals surface area contributed by atoms with E-state index >= 15 is 0 Å². The highest BCUT2D eigenvalue weighted by molar-refractivity contribution is 7.15. The number of aryl methyl sites for hydroxylation is 4. The van der Waals surface area contributed by atoms with Crippen molar-refractivity contribution in [2.24, 2.45) is 0 Å². The molecule has 75 heavy (non-hydrogen) atoms. The molecule has 0 amide bonds. The highest BCUT2D eigenvalue weighted by atomic mass is 32.1. The van der Waals surface area contributed by atoms with Crippen molar-refractivity contribution in [2.45, 2.75) is 47.0 Å². The van der Waals surface area contributed by atoms with E-state index in [-0.39, 0.29) is 5.41 Å². The Morgan fingerprint density at radius 1 is 0.293 bits per heavy atom. The molecule has 0 fully saturated rings.